The molecule has 0 radical (unpaired) electrons. The summed E-state index contributed by atoms with van der Waals surface area (Å²) in [6, 6.07) is 20.7. The molecule has 0 atom stereocenters. The van der Waals surface area contributed by atoms with Crippen molar-refractivity contribution in [2.75, 3.05) is 16.4 Å². The summed E-state index contributed by atoms with van der Waals surface area (Å²) >= 11 is 0. The van der Waals surface area contributed by atoms with Gasteiger partial charge in [0.05, 0.1) is 5.56 Å². The van der Waals surface area contributed by atoms with Crippen LogP contribution in [0, 0.1) is 5.82 Å². The molecule has 2 aromatic carbocycles. The number of anilines is 3. The topological polar surface area (TPSA) is 92.9 Å². The number of aromatic nitrogens is 2. The van der Waals surface area contributed by atoms with E-state index < -0.39 is 0 Å². The average Bonchev–Trinajstić information content (AvgIpc) is 2.80. The number of nitrogen functional groups attached to an aromatic ring is 1. The number of hydrogen-bond acceptors (Lipinski definition) is 5. The molecule has 0 fully saturated rings. The number of benzene rings is 2. The molecule has 0 aliphatic heterocycles. The summed E-state index contributed by atoms with van der Waals surface area (Å²) in [5, 5.41) is 5.96. The van der Waals surface area contributed by atoms with E-state index in [4.69, 9.17) is 5.73 Å². The molecule has 31 heavy (non-hydrogen) atoms. The van der Waals surface area contributed by atoms with Crippen LogP contribution in [0.1, 0.15) is 15.9 Å². The zero-order valence-electron chi connectivity index (χ0n) is 16.5. The number of nitrogens with two attached hydrogens (primary N) is 1. The van der Waals surface area contributed by atoms with Crippen molar-refractivity contribution >= 4 is 23.2 Å². The molecular formula is C24H20FN5O. The first kappa shape index (κ1) is 20.0. The van der Waals surface area contributed by atoms with Crippen LogP contribution in [0.25, 0.3) is 11.1 Å². The van der Waals surface area contributed by atoms with Crippen LogP contribution < -0.4 is 16.4 Å². The minimum absolute atomic E-state index is 0.326. The zero-order valence-corrected chi connectivity index (χ0v) is 16.5. The second-order valence-corrected chi connectivity index (χ2v) is 6.88. The maximum atomic E-state index is 13.1. The average molecular weight is 413 g/mol. The lowest BCUT2D eigenvalue weighted by molar-refractivity contribution is 0.102. The van der Waals surface area contributed by atoms with Crippen LogP contribution in [-0.2, 0) is 6.54 Å². The van der Waals surface area contributed by atoms with Crippen LogP contribution >= 0.6 is 0 Å². The van der Waals surface area contributed by atoms with Gasteiger partial charge in [0.25, 0.3) is 5.91 Å². The molecule has 0 unspecified atom stereocenters. The van der Waals surface area contributed by atoms with E-state index in [0.717, 1.165) is 16.7 Å². The molecule has 0 bridgehead atoms. The lowest BCUT2D eigenvalue weighted by atomic mass is 10.1. The number of rotatable bonds is 6. The van der Waals surface area contributed by atoms with Gasteiger partial charge in [-0.1, -0.05) is 24.3 Å². The number of carbonyl (C=O) groups excluding carboxylic acids is 1. The number of carbonyl (C=O) groups is 1. The van der Waals surface area contributed by atoms with Gasteiger partial charge in [-0.25, -0.2) is 14.4 Å². The van der Waals surface area contributed by atoms with E-state index in [0.29, 0.717) is 29.4 Å². The molecule has 7 heteroatoms. The van der Waals surface area contributed by atoms with Crippen molar-refractivity contribution in [3.8, 4) is 11.1 Å². The third kappa shape index (κ3) is 5.02. The second kappa shape index (κ2) is 9.04. The number of hydrogen-bond donors (Lipinski definition) is 3. The van der Waals surface area contributed by atoms with E-state index in [1.54, 1.807) is 30.6 Å². The minimum Gasteiger partial charge on any atom is -0.384 e. The van der Waals surface area contributed by atoms with Crippen LogP contribution in [0.4, 0.5) is 21.7 Å². The van der Waals surface area contributed by atoms with Gasteiger partial charge in [-0.2, -0.15) is 0 Å². The molecule has 0 saturated heterocycles. The maximum absolute atomic E-state index is 13.1. The summed E-state index contributed by atoms with van der Waals surface area (Å²) in [5.74, 6) is 0.266. The number of nitrogens with one attached hydrogen (secondary N) is 2. The highest BCUT2D eigenvalue weighted by molar-refractivity contribution is 6.07. The third-order valence-corrected chi connectivity index (χ3v) is 4.69. The Morgan fingerprint density at radius 2 is 1.65 bits per heavy atom. The van der Waals surface area contributed by atoms with E-state index in [-0.39, 0.29) is 11.7 Å². The van der Waals surface area contributed by atoms with Gasteiger partial charge in [0.2, 0.25) is 0 Å². The van der Waals surface area contributed by atoms with Gasteiger partial charge >= 0.3 is 0 Å². The molecule has 0 saturated carbocycles. The highest BCUT2D eigenvalue weighted by atomic mass is 19.1. The molecule has 0 spiro atoms. The molecule has 4 aromatic rings. The Balaban J connectivity index is 1.43. The third-order valence-electron chi connectivity index (χ3n) is 4.69. The Morgan fingerprint density at radius 1 is 0.903 bits per heavy atom. The van der Waals surface area contributed by atoms with E-state index in [9.17, 15) is 9.18 Å². The first-order chi connectivity index (χ1) is 15.1. The normalized spacial score (nSPS) is 10.5. The van der Waals surface area contributed by atoms with Crippen LogP contribution in [0.3, 0.4) is 0 Å². The van der Waals surface area contributed by atoms with Crippen molar-refractivity contribution in [1.82, 2.24) is 9.97 Å². The van der Waals surface area contributed by atoms with Gasteiger partial charge in [0, 0.05) is 30.2 Å². The number of nitrogens with zero attached hydrogens (tertiary/aromatic N) is 2. The Morgan fingerprint density at radius 3 is 2.35 bits per heavy atom. The minimum atomic E-state index is -0.361. The summed E-state index contributed by atoms with van der Waals surface area (Å²) in [4.78, 5) is 21.1. The highest BCUT2D eigenvalue weighted by Crippen LogP contribution is 2.21. The summed E-state index contributed by atoms with van der Waals surface area (Å²) in [5.41, 5.74) is 9.60. The number of amides is 1. The first-order valence-electron chi connectivity index (χ1n) is 9.65. The molecular weight excluding hydrogens is 393 g/mol. The lowest BCUT2D eigenvalue weighted by Gasteiger charge is -2.12. The van der Waals surface area contributed by atoms with E-state index >= 15 is 0 Å². The van der Waals surface area contributed by atoms with E-state index in [2.05, 4.69) is 20.6 Å². The molecule has 154 valence electrons. The van der Waals surface area contributed by atoms with Crippen LogP contribution in [0.2, 0.25) is 0 Å². The van der Waals surface area contributed by atoms with Crippen molar-refractivity contribution in [3.05, 3.63) is 102 Å². The fraction of sp³-hybridized carbons (Fsp3) is 0.0417. The van der Waals surface area contributed by atoms with Crippen molar-refractivity contribution in [1.29, 1.82) is 0 Å². The summed E-state index contributed by atoms with van der Waals surface area (Å²) in [6.45, 7) is 0.494. The predicted octanol–water partition coefficient (Wildman–Crippen LogP) is 4.73. The SMILES string of the molecule is Nc1ccc(-c2ccc(CNc3ncccc3C(=O)Nc3ccc(F)cc3)cc2)cn1. The van der Waals surface area contributed by atoms with Gasteiger partial charge in [0.15, 0.2) is 0 Å². The molecule has 0 aliphatic carbocycles. The molecule has 4 N–H and O–H groups in total. The van der Waals surface area contributed by atoms with Gasteiger partial charge < -0.3 is 16.4 Å². The molecule has 6 nitrogen and oxygen atoms in total. The first-order valence-corrected chi connectivity index (χ1v) is 9.65. The maximum Gasteiger partial charge on any atom is 0.259 e. The molecule has 0 aliphatic rings. The van der Waals surface area contributed by atoms with Crippen molar-refractivity contribution in [3.63, 3.8) is 0 Å². The smallest absolute Gasteiger partial charge is 0.259 e. The Hall–Kier alpha value is -4.26. The van der Waals surface area contributed by atoms with Crippen molar-refractivity contribution in [2.45, 2.75) is 6.54 Å². The van der Waals surface area contributed by atoms with Crippen LogP contribution in [0.15, 0.2) is 85.2 Å². The van der Waals surface area contributed by atoms with Gasteiger partial charge in [0.1, 0.15) is 17.5 Å². The Kier molecular flexibility index (Phi) is 5.84. The standard InChI is InChI=1S/C24H20FN5O/c25-19-8-10-20(11-9-19)30-24(31)21-2-1-13-27-23(21)29-14-16-3-5-17(6-4-16)18-7-12-22(26)28-15-18/h1-13,15H,14H2,(H2,26,28)(H,27,29)(H,30,31). The van der Waals surface area contributed by atoms with Crippen LogP contribution in [-0.4, -0.2) is 15.9 Å². The summed E-state index contributed by atoms with van der Waals surface area (Å²) < 4.78 is 13.1. The highest BCUT2D eigenvalue weighted by Gasteiger charge is 2.12. The van der Waals surface area contributed by atoms with Crippen molar-refractivity contribution in [2.24, 2.45) is 0 Å². The lowest BCUT2D eigenvalue weighted by Crippen LogP contribution is -2.15. The fourth-order valence-corrected chi connectivity index (χ4v) is 3.04. The predicted molar refractivity (Wildman–Crippen MR) is 120 cm³/mol. The fourth-order valence-electron chi connectivity index (χ4n) is 3.04. The number of pyridine rings is 2. The Bertz CT molecular complexity index is 1180. The van der Waals surface area contributed by atoms with E-state index in [1.165, 1.54) is 24.3 Å². The second-order valence-electron chi connectivity index (χ2n) is 6.88. The molecule has 2 aromatic heterocycles. The molecule has 4 rings (SSSR count). The van der Waals surface area contributed by atoms with Crippen LogP contribution in [0.5, 0.6) is 0 Å². The van der Waals surface area contributed by atoms with Crippen molar-refractivity contribution < 1.29 is 9.18 Å². The monoisotopic (exact) mass is 413 g/mol. The summed E-state index contributed by atoms with van der Waals surface area (Å²) in [7, 11) is 0. The number of halogens is 1. The van der Waals surface area contributed by atoms with Gasteiger partial charge in [-0.15, -0.1) is 0 Å². The largest absolute Gasteiger partial charge is 0.384 e. The zero-order chi connectivity index (χ0) is 21.6. The van der Waals surface area contributed by atoms with Gasteiger partial charge in [-0.05, 0) is 59.7 Å². The molecule has 1 amide bonds. The summed E-state index contributed by atoms with van der Waals surface area (Å²) in [6.07, 6.45) is 3.36. The van der Waals surface area contributed by atoms with E-state index in [1.807, 2.05) is 30.3 Å². The van der Waals surface area contributed by atoms with Gasteiger partial charge in [-0.3, -0.25) is 4.79 Å². The Labute approximate surface area is 179 Å². The molecule has 2 heterocycles. The quantitative estimate of drug-likeness (QED) is 0.425.